The molecule has 1 aliphatic carbocycles. The molecule has 0 saturated heterocycles. The van der Waals surface area contributed by atoms with E-state index in [9.17, 15) is 9.59 Å². The molecule has 22 heavy (non-hydrogen) atoms. The maximum atomic E-state index is 12.1. The molecule has 1 aromatic carbocycles. The largest absolute Gasteiger partial charge is 0.495 e. The van der Waals surface area contributed by atoms with Crippen LogP contribution in [0.3, 0.4) is 0 Å². The van der Waals surface area contributed by atoms with Crippen LogP contribution in [-0.2, 0) is 14.3 Å². The number of allylic oxidation sites excluding steroid dienone is 2. The van der Waals surface area contributed by atoms with Gasteiger partial charge in [0.25, 0.3) is 5.91 Å². The van der Waals surface area contributed by atoms with Gasteiger partial charge in [0.1, 0.15) is 5.75 Å². The van der Waals surface area contributed by atoms with E-state index in [0.717, 1.165) is 12.8 Å². The van der Waals surface area contributed by atoms with E-state index >= 15 is 0 Å². The Morgan fingerprint density at radius 1 is 1.36 bits per heavy atom. The van der Waals surface area contributed by atoms with E-state index in [1.165, 1.54) is 7.11 Å². The number of carbonyl (C=O) groups excluding carboxylic acids is 2. The fraction of sp³-hybridized carbons (Fsp3) is 0.412. The Hall–Kier alpha value is -2.30. The number of hydrogen-bond acceptors (Lipinski definition) is 4. The average molecular weight is 303 g/mol. The molecule has 5 nitrogen and oxygen atoms in total. The van der Waals surface area contributed by atoms with Crippen molar-refractivity contribution in [3.8, 4) is 5.75 Å². The summed E-state index contributed by atoms with van der Waals surface area (Å²) < 4.78 is 10.4. The first-order chi connectivity index (χ1) is 10.6. The topological polar surface area (TPSA) is 64.6 Å². The Morgan fingerprint density at radius 2 is 2.14 bits per heavy atom. The maximum absolute atomic E-state index is 12.1. The molecule has 0 heterocycles. The van der Waals surface area contributed by atoms with Crippen LogP contribution in [0.15, 0.2) is 36.4 Å². The fourth-order valence-corrected chi connectivity index (χ4v) is 2.36. The molecule has 0 radical (unpaired) electrons. The minimum Gasteiger partial charge on any atom is -0.495 e. The van der Waals surface area contributed by atoms with Crippen molar-refractivity contribution in [2.45, 2.75) is 32.3 Å². The van der Waals surface area contributed by atoms with E-state index in [1.807, 2.05) is 12.1 Å². The summed E-state index contributed by atoms with van der Waals surface area (Å²) in [5.41, 5.74) is 0.552. The van der Waals surface area contributed by atoms with Gasteiger partial charge in [0.15, 0.2) is 6.10 Å². The van der Waals surface area contributed by atoms with Crippen molar-refractivity contribution in [3.05, 3.63) is 36.4 Å². The molecule has 1 N–H and O–H groups in total. The van der Waals surface area contributed by atoms with Crippen LogP contribution >= 0.6 is 0 Å². The summed E-state index contributed by atoms with van der Waals surface area (Å²) in [5.74, 6) is 0.0708. The highest BCUT2D eigenvalue weighted by Gasteiger charge is 2.21. The van der Waals surface area contributed by atoms with Crippen LogP contribution in [0, 0.1) is 5.92 Å². The monoisotopic (exact) mass is 303 g/mol. The third kappa shape index (κ3) is 4.35. The molecule has 0 aromatic heterocycles. The maximum Gasteiger partial charge on any atom is 0.307 e. The van der Waals surface area contributed by atoms with Crippen LogP contribution in [0.1, 0.15) is 26.2 Å². The smallest absolute Gasteiger partial charge is 0.307 e. The van der Waals surface area contributed by atoms with E-state index < -0.39 is 6.10 Å². The first kappa shape index (κ1) is 16.1. The number of para-hydroxylation sites is 2. The van der Waals surface area contributed by atoms with Crippen molar-refractivity contribution in [2.75, 3.05) is 12.4 Å². The molecule has 1 aliphatic rings. The zero-order valence-corrected chi connectivity index (χ0v) is 12.9. The highest BCUT2D eigenvalue weighted by molar-refractivity contribution is 5.96. The third-order valence-corrected chi connectivity index (χ3v) is 3.58. The molecule has 2 atom stereocenters. The molecule has 0 bridgehead atoms. The lowest BCUT2D eigenvalue weighted by atomic mass is 10.1. The van der Waals surface area contributed by atoms with Crippen LogP contribution in [0.2, 0.25) is 0 Å². The zero-order chi connectivity index (χ0) is 15.9. The zero-order valence-electron chi connectivity index (χ0n) is 12.9. The Labute approximate surface area is 130 Å². The van der Waals surface area contributed by atoms with E-state index in [4.69, 9.17) is 9.47 Å². The van der Waals surface area contributed by atoms with Gasteiger partial charge in [-0.1, -0.05) is 24.3 Å². The summed E-state index contributed by atoms with van der Waals surface area (Å²) in [6, 6.07) is 7.08. The van der Waals surface area contributed by atoms with Gasteiger partial charge in [0, 0.05) is 0 Å². The van der Waals surface area contributed by atoms with Gasteiger partial charge in [0.05, 0.1) is 19.2 Å². The molecule has 2 rings (SSSR count). The minimum absolute atomic E-state index is 0.233. The minimum atomic E-state index is -0.845. The summed E-state index contributed by atoms with van der Waals surface area (Å²) in [6.45, 7) is 1.56. The molecule has 1 aromatic rings. The summed E-state index contributed by atoms with van der Waals surface area (Å²) in [5, 5.41) is 2.71. The number of amides is 1. The number of benzene rings is 1. The first-order valence-electron chi connectivity index (χ1n) is 7.40. The van der Waals surface area contributed by atoms with Gasteiger partial charge in [0.2, 0.25) is 0 Å². The predicted octanol–water partition coefficient (Wildman–Crippen LogP) is 2.92. The van der Waals surface area contributed by atoms with Crippen molar-refractivity contribution in [2.24, 2.45) is 5.92 Å². The van der Waals surface area contributed by atoms with Crippen LogP contribution < -0.4 is 10.1 Å². The van der Waals surface area contributed by atoms with E-state index in [1.54, 1.807) is 25.1 Å². The van der Waals surface area contributed by atoms with Gasteiger partial charge in [-0.15, -0.1) is 0 Å². The summed E-state index contributed by atoms with van der Waals surface area (Å²) in [6.07, 6.45) is 5.54. The number of methoxy groups -OCH3 is 1. The second kappa shape index (κ2) is 7.64. The van der Waals surface area contributed by atoms with E-state index in [2.05, 4.69) is 11.4 Å². The number of carbonyl (C=O) groups is 2. The Bertz CT molecular complexity index is 568. The number of nitrogens with one attached hydrogen (secondary N) is 1. The molecule has 1 amide bonds. The summed E-state index contributed by atoms with van der Waals surface area (Å²) in [7, 11) is 1.53. The standard InChI is InChI=1S/C17H21NO4/c1-12(22-16(19)11-13-7-3-4-8-13)17(20)18-14-9-5-6-10-15(14)21-2/h3,5-7,9-10,12-13H,4,8,11H2,1-2H3,(H,18,20)/t12-,13+/m0/s1. The van der Waals surface area contributed by atoms with Gasteiger partial charge < -0.3 is 14.8 Å². The number of anilines is 1. The highest BCUT2D eigenvalue weighted by Crippen LogP contribution is 2.24. The molecule has 0 saturated carbocycles. The lowest BCUT2D eigenvalue weighted by molar-refractivity contribution is -0.153. The van der Waals surface area contributed by atoms with Crippen LogP contribution in [0.4, 0.5) is 5.69 Å². The first-order valence-corrected chi connectivity index (χ1v) is 7.40. The third-order valence-electron chi connectivity index (χ3n) is 3.58. The average Bonchev–Trinajstić information content (AvgIpc) is 3.00. The summed E-state index contributed by atoms with van der Waals surface area (Å²) in [4.78, 5) is 23.9. The summed E-state index contributed by atoms with van der Waals surface area (Å²) >= 11 is 0. The van der Waals surface area contributed by atoms with Crippen LogP contribution in [-0.4, -0.2) is 25.1 Å². The lowest BCUT2D eigenvalue weighted by Gasteiger charge is -2.16. The predicted molar refractivity (Wildman–Crippen MR) is 83.7 cm³/mol. The van der Waals surface area contributed by atoms with Crippen molar-refractivity contribution >= 4 is 17.6 Å². The molecule has 0 fully saturated rings. The van der Waals surface area contributed by atoms with Gasteiger partial charge in [-0.3, -0.25) is 9.59 Å². The second-order valence-corrected chi connectivity index (χ2v) is 5.29. The molecule has 5 heteroatoms. The van der Waals surface area contributed by atoms with E-state index in [-0.39, 0.29) is 17.8 Å². The van der Waals surface area contributed by atoms with Crippen molar-refractivity contribution in [1.29, 1.82) is 0 Å². The Kier molecular flexibility index (Phi) is 5.58. The number of hydrogen-bond donors (Lipinski definition) is 1. The Morgan fingerprint density at radius 3 is 2.82 bits per heavy atom. The van der Waals surface area contributed by atoms with Gasteiger partial charge in [-0.2, -0.15) is 0 Å². The second-order valence-electron chi connectivity index (χ2n) is 5.29. The lowest BCUT2D eigenvalue weighted by Crippen LogP contribution is -2.30. The van der Waals surface area contributed by atoms with Crippen molar-refractivity contribution < 1.29 is 19.1 Å². The van der Waals surface area contributed by atoms with Crippen molar-refractivity contribution in [1.82, 2.24) is 0 Å². The highest BCUT2D eigenvalue weighted by atomic mass is 16.5. The number of esters is 1. The number of ether oxygens (including phenoxy) is 2. The molecular weight excluding hydrogens is 282 g/mol. The molecule has 0 spiro atoms. The number of rotatable bonds is 6. The van der Waals surface area contributed by atoms with Crippen LogP contribution in [0.5, 0.6) is 5.75 Å². The SMILES string of the molecule is COc1ccccc1NC(=O)[C@H](C)OC(=O)C[C@@H]1C=CCC1. The Balaban J connectivity index is 1.86. The van der Waals surface area contributed by atoms with Gasteiger partial charge >= 0.3 is 5.97 Å². The van der Waals surface area contributed by atoms with Crippen molar-refractivity contribution in [3.63, 3.8) is 0 Å². The van der Waals surface area contributed by atoms with Crippen LogP contribution in [0.25, 0.3) is 0 Å². The molecule has 118 valence electrons. The molecule has 0 aliphatic heterocycles. The quantitative estimate of drug-likeness (QED) is 0.648. The molecule has 0 unspecified atom stereocenters. The fourth-order valence-electron chi connectivity index (χ4n) is 2.36. The molecular formula is C17H21NO4. The van der Waals surface area contributed by atoms with E-state index in [0.29, 0.717) is 17.9 Å². The van der Waals surface area contributed by atoms with Gasteiger partial charge in [-0.05, 0) is 37.8 Å². The van der Waals surface area contributed by atoms with Gasteiger partial charge in [-0.25, -0.2) is 0 Å². The normalized spacial score (nSPS) is 17.8.